The molecule has 4 heteroatoms. The van der Waals surface area contributed by atoms with E-state index in [9.17, 15) is 4.21 Å². The Bertz CT molecular complexity index is 393. The summed E-state index contributed by atoms with van der Waals surface area (Å²) in [5.74, 6) is 0.596. The summed E-state index contributed by atoms with van der Waals surface area (Å²) in [5, 5.41) is 5.20. The van der Waals surface area contributed by atoms with Crippen LogP contribution in [0.5, 0.6) is 0 Å². The van der Waals surface area contributed by atoms with E-state index in [1.807, 2.05) is 12.1 Å². The zero-order valence-electron chi connectivity index (χ0n) is 8.49. The molecule has 1 aromatic rings. The molecule has 0 saturated heterocycles. The molecule has 0 radical (unpaired) electrons. The van der Waals surface area contributed by atoms with Crippen molar-refractivity contribution in [2.45, 2.75) is 25.2 Å². The molecule has 0 aliphatic carbocycles. The molecule has 3 nitrogen and oxygen atoms in total. The quantitative estimate of drug-likeness (QED) is 0.792. The summed E-state index contributed by atoms with van der Waals surface area (Å²) in [6, 6.07) is 7.12. The minimum Gasteiger partial charge on any atom is -0.241 e. The van der Waals surface area contributed by atoms with E-state index in [1.165, 1.54) is 5.56 Å². The van der Waals surface area contributed by atoms with Gasteiger partial charge in [-0.05, 0) is 30.0 Å². The van der Waals surface area contributed by atoms with Gasteiger partial charge >= 0.3 is 0 Å². The zero-order valence-corrected chi connectivity index (χ0v) is 9.30. The van der Waals surface area contributed by atoms with Crippen molar-refractivity contribution in [3.8, 4) is 0 Å². The molecule has 1 rings (SSSR count). The van der Waals surface area contributed by atoms with Gasteiger partial charge < -0.3 is 0 Å². The third kappa shape index (κ3) is 3.12. The van der Waals surface area contributed by atoms with Crippen molar-refractivity contribution in [2.24, 2.45) is 11.1 Å². The third-order valence-corrected chi connectivity index (χ3v) is 2.89. The van der Waals surface area contributed by atoms with Crippen LogP contribution in [0.4, 0.5) is 0 Å². The van der Waals surface area contributed by atoms with Crippen LogP contribution in [0.1, 0.15) is 19.4 Å². The molecule has 1 unspecified atom stereocenters. The maximum absolute atomic E-state index is 11.2. The monoisotopic (exact) mass is 212 g/mol. The lowest BCUT2D eigenvalue weighted by atomic mass is 10.0. The van der Waals surface area contributed by atoms with Crippen molar-refractivity contribution in [2.75, 3.05) is 0 Å². The summed E-state index contributed by atoms with van der Waals surface area (Å²) < 4.78 is 18.4. The first kappa shape index (κ1) is 11.2. The normalized spacial score (nSPS) is 15.4. The van der Waals surface area contributed by atoms with E-state index < -0.39 is 9.92 Å². The predicted octanol–water partition coefficient (Wildman–Crippen LogP) is 2.16. The second-order valence-corrected chi connectivity index (χ2v) is 5.52. The van der Waals surface area contributed by atoms with Crippen LogP contribution in [0.3, 0.4) is 0 Å². The van der Waals surface area contributed by atoms with Crippen LogP contribution in [0.2, 0.25) is 0 Å². The largest absolute Gasteiger partial charge is 0.241 e. The number of hydrogen-bond donors (Lipinski definition) is 2. The molecule has 0 aromatic heterocycles. The highest BCUT2D eigenvalue weighted by atomic mass is 32.2. The van der Waals surface area contributed by atoms with E-state index in [2.05, 4.69) is 13.8 Å². The van der Waals surface area contributed by atoms with Gasteiger partial charge in [-0.3, -0.25) is 0 Å². The lowest BCUT2D eigenvalue weighted by Crippen LogP contribution is -2.10. The Morgan fingerprint density at radius 1 is 1.36 bits per heavy atom. The number of nitrogens with one attached hydrogen (secondary N) is 1. The van der Waals surface area contributed by atoms with E-state index >= 15 is 0 Å². The Morgan fingerprint density at radius 2 is 1.86 bits per heavy atom. The summed E-state index contributed by atoms with van der Waals surface area (Å²) in [4.78, 5) is 0.394. The smallest absolute Gasteiger partial charge is 0.132 e. The fourth-order valence-electron chi connectivity index (χ4n) is 1.30. The van der Waals surface area contributed by atoms with Gasteiger partial charge in [0, 0.05) is 0 Å². The molecule has 0 amide bonds. The van der Waals surface area contributed by atoms with Crippen LogP contribution in [-0.4, -0.2) is 4.21 Å². The Labute approximate surface area is 85.4 Å². The first-order valence-electron chi connectivity index (χ1n) is 4.55. The number of rotatable bonds is 3. The first-order valence-corrected chi connectivity index (χ1v) is 6.17. The topological polar surface area (TPSA) is 66.9 Å². The second-order valence-electron chi connectivity index (χ2n) is 3.84. The van der Waals surface area contributed by atoms with Crippen LogP contribution >= 0.6 is 0 Å². The number of nitrogens with two attached hydrogens (primary N) is 1. The maximum Gasteiger partial charge on any atom is 0.132 e. The molecule has 14 heavy (non-hydrogen) atoms. The number of hydrogen-bond acceptors (Lipinski definition) is 2. The van der Waals surface area contributed by atoms with Crippen LogP contribution < -0.4 is 5.14 Å². The van der Waals surface area contributed by atoms with Gasteiger partial charge in [0.05, 0.1) is 4.90 Å². The molecular weight excluding hydrogens is 196 g/mol. The molecule has 0 spiro atoms. The Hall–Kier alpha value is -0.870. The molecule has 0 saturated carbocycles. The van der Waals surface area contributed by atoms with Crippen LogP contribution in [0.15, 0.2) is 29.2 Å². The summed E-state index contributed by atoms with van der Waals surface area (Å²) in [5.41, 5.74) is 1.19. The molecule has 0 bridgehead atoms. The SMILES string of the molecule is CC(C)Cc1ccc(S(=N)(N)=O)cc1. The highest BCUT2D eigenvalue weighted by Crippen LogP contribution is 2.12. The van der Waals surface area contributed by atoms with Crippen molar-refractivity contribution in [1.29, 1.82) is 4.78 Å². The van der Waals surface area contributed by atoms with Gasteiger partial charge in [0.25, 0.3) is 0 Å². The summed E-state index contributed by atoms with van der Waals surface area (Å²) >= 11 is 0. The Morgan fingerprint density at radius 3 is 2.21 bits per heavy atom. The summed E-state index contributed by atoms with van der Waals surface area (Å²) in [6.45, 7) is 4.29. The first-order chi connectivity index (χ1) is 6.39. The lowest BCUT2D eigenvalue weighted by Gasteiger charge is -2.06. The zero-order chi connectivity index (χ0) is 10.8. The highest BCUT2D eigenvalue weighted by molar-refractivity contribution is 7.90. The molecule has 1 atom stereocenters. The fourth-order valence-corrected chi connectivity index (χ4v) is 1.84. The summed E-state index contributed by atoms with van der Waals surface area (Å²) in [7, 11) is -3.05. The lowest BCUT2D eigenvalue weighted by molar-refractivity contribution is 0.647. The third-order valence-electron chi connectivity index (χ3n) is 1.92. The van der Waals surface area contributed by atoms with Crippen LogP contribution in [-0.2, 0) is 16.3 Å². The van der Waals surface area contributed by atoms with Crippen molar-refractivity contribution in [1.82, 2.24) is 0 Å². The summed E-state index contributed by atoms with van der Waals surface area (Å²) in [6.07, 6.45) is 0.990. The van der Waals surface area contributed by atoms with E-state index in [-0.39, 0.29) is 0 Å². The van der Waals surface area contributed by atoms with Gasteiger partial charge in [-0.15, -0.1) is 0 Å². The van der Waals surface area contributed by atoms with Crippen LogP contribution in [0, 0.1) is 10.7 Å². The van der Waals surface area contributed by atoms with Gasteiger partial charge in [0.15, 0.2) is 0 Å². The molecule has 3 N–H and O–H groups in total. The van der Waals surface area contributed by atoms with Gasteiger partial charge in [0.1, 0.15) is 9.92 Å². The molecule has 0 aliphatic heterocycles. The molecule has 0 heterocycles. The van der Waals surface area contributed by atoms with E-state index in [1.54, 1.807) is 12.1 Å². The maximum atomic E-state index is 11.2. The van der Waals surface area contributed by atoms with Crippen LogP contribution in [0.25, 0.3) is 0 Å². The van der Waals surface area contributed by atoms with Gasteiger partial charge in [-0.1, -0.05) is 26.0 Å². The van der Waals surface area contributed by atoms with Crippen molar-refractivity contribution >= 4 is 9.92 Å². The second kappa shape index (κ2) is 4.11. The Kier molecular flexibility index (Phi) is 3.29. The predicted molar refractivity (Wildman–Crippen MR) is 58.3 cm³/mol. The van der Waals surface area contributed by atoms with E-state index in [4.69, 9.17) is 9.92 Å². The average molecular weight is 212 g/mol. The minimum absolute atomic E-state index is 0.394. The van der Waals surface area contributed by atoms with E-state index in [0.717, 1.165) is 6.42 Å². The Balaban J connectivity index is 2.90. The van der Waals surface area contributed by atoms with Crippen molar-refractivity contribution in [3.63, 3.8) is 0 Å². The highest BCUT2D eigenvalue weighted by Gasteiger charge is 2.03. The molecule has 1 aromatic carbocycles. The molecular formula is C10H16N2OS. The van der Waals surface area contributed by atoms with Crippen molar-refractivity contribution in [3.05, 3.63) is 29.8 Å². The van der Waals surface area contributed by atoms with Gasteiger partial charge in [-0.2, -0.15) is 0 Å². The number of benzene rings is 1. The standard InChI is InChI=1S/C10H16N2OS/c1-8(2)7-9-3-5-10(6-4-9)14(11,12)13/h3-6,8H,7H2,1-2H3,(H3,11,12,13). The average Bonchev–Trinajstić information content (AvgIpc) is 2.02. The van der Waals surface area contributed by atoms with Gasteiger partial charge in [0.2, 0.25) is 0 Å². The molecule has 78 valence electrons. The fraction of sp³-hybridized carbons (Fsp3) is 0.400. The van der Waals surface area contributed by atoms with Gasteiger partial charge in [-0.25, -0.2) is 14.1 Å². The van der Waals surface area contributed by atoms with Crippen molar-refractivity contribution < 1.29 is 4.21 Å². The minimum atomic E-state index is -3.05. The van der Waals surface area contributed by atoms with E-state index in [0.29, 0.717) is 10.8 Å². The molecule has 0 aliphatic rings. The molecule has 0 fully saturated rings.